The van der Waals surface area contributed by atoms with Crippen molar-refractivity contribution in [3.05, 3.63) is 58.5 Å². The van der Waals surface area contributed by atoms with Crippen LogP contribution in [0, 0.1) is 13.8 Å². The molecular formula is C19H16N2O3S. The molecule has 0 bridgehead atoms. The summed E-state index contributed by atoms with van der Waals surface area (Å²) < 4.78 is 10.8. The van der Waals surface area contributed by atoms with Crippen molar-refractivity contribution in [3.63, 3.8) is 0 Å². The predicted molar refractivity (Wildman–Crippen MR) is 97.5 cm³/mol. The van der Waals surface area contributed by atoms with Gasteiger partial charge in [0.2, 0.25) is 6.79 Å². The van der Waals surface area contributed by atoms with Crippen LogP contribution >= 0.6 is 11.3 Å². The van der Waals surface area contributed by atoms with Crippen LogP contribution in [0.15, 0.2) is 42.5 Å². The van der Waals surface area contributed by atoms with Crippen molar-refractivity contribution in [3.8, 4) is 22.8 Å². The van der Waals surface area contributed by atoms with E-state index >= 15 is 0 Å². The van der Waals surface area contributed by atoms with Crippen LogP contribution in [0.1, 0.15) is 20.8 Å². The van der Waals surface area contributed by atoms with E-state index in [1.165, 1.54) is 11.3 Å². The van der Waals surface area contributed by atoms with Gasteiger partial charge in [0, 0.05) is 16.0 Å². The number of aryl methyl sites for hydroxylation is 2. The number of nitrogens with one attached hydrogen (secondary N) is 1. The predicted octanol–water partition coefficient (Wildman–Crippen LogP) is 4.41. The highest BCUT2D eigenvalue weighted by atomic mass is 32.1. The quantitative estimate of drug-likeness (QED) is 0.758. The first-order chi connectivity index (χ1) is 12.1. The van der Waals surface area contributed by atoms with Gasteiger partial charge in [0.15, 0.2) is 16.6 Å². The number of carbonyl (C=O) groups is 1. The maximum absolute atomic E-state index is 12.4. The Hall–Kier alpha value is -2.86. The molecule has 1 aliphatic heterocycles. The lowest BCUT2D eigenvalue weighted by Crippen LogP contribution is -2.11. The van der Waals surface area contributed by atoms with Gasteiger partial charge in [0.1, 0.15) is 0 Å². The molecule has 126 valence electrons. The number of anilines is 1. The number of nitrogens with zero attached hydrogens (tertiary/aromatic N) is 1. The number of thiazole rings is 1. The van der Waals surface area contributed by atoms with Crippen molar-refractivity contribution in [2.75, 3.05) is 12.1 Å². The Morgan fingerprint density at radius 1 is 1.12 bits per heavy atom. The molecule has 5 nitrogen and oxygen atoms in total. The van der Waals surface area contributed by atoms with E-state index in [2.05, 4.69) is 10.3 Å². The SMILES string of the molecule is Cc1cccc(C(=O)Nc2nc(-c3ccc4c(c3)OCO4)c(C)s2)c1. The van der Waals surface area contributed by atoms with E-state index in [-0.39, 0.29) is 12.7 Å². The molecular weight excluding hydrogens is 336 g/mol. The number of hydrogen-bond acceptors (Lipinski definition) is 5. The second-order valence-electron chi connectivity index (χ2n) is 5.82. The second kappa shape index (κ2) is 6.22. The van der Waals surface area contributed by atoms with Gasteiger partial charge in [-0.2, -0.15) is 0 Å². The number of hydrogen-bond donors (Lipinski definition) is 1. The Kier molecular flexibility index (Phi) is 3.89. The fourth-order valence-electron chi connectivity index (χ4n) is 2.72. The molecule has 2 heterocycles. The van der Waals surface area contributed by atoms with Crippen LogP contribution in [0.25, 0.3) is 11.3 Å². The molecule has 25 heavy (non-hydrogen) atoms. The number of rotatable bonds is 3. The number of fused-ring (bicyclic) bond motifs is 1. The minimum absolute atomic E-state index is 0.158. The summed E-state index contributed by atoms with van der Waals surface area (Å²) >= 11 is 1.45. The lowest BCUT2D eigenvalue weighted by Gasteiger charge is -2.03. The summed E-state index contributed by atoms with van der Waals surface area (Å²) in [5, 5.41) is 3.46. The molecule has 1 N–H and O–H groups in total. The van der Waals surface area contributed by atoms with E-state index in [1.54, 1.807) is 6.07 Å². The van der Waals surface area contributed by atoms with Gasteiger partial charge < -0.3 is 9.47 Å². The standard InChI is InChI=1S/C19H16N2O3S/c1-11-4-3-5-14(8-11)18(22)21-19-20-17(12(2)25-19)13-6-7-15-16(9-13)24-10-23-15/h3-9H,10H2,1-2H3,(H,20,21,22). The highest BCUT2D eigenvalue weighted by Crippen LogP contribution is 2.38. The average molecular weight is 352 g/mol. The molecule has 0 spiro atoms. The number of aromatic nitrogens is 1. The summed E-state index contributed by atoms with van der Waals surface area (Å²) in [6.45, 7) is 4.19. The van der Waals surface area contributed by atoms with E-state index in [4.69, 9.17) is 9.47 Å². The van der Waals surface area contributed by atoms with Crippen LogP contribution in [0.3, 0.4) is 0 Å². The Labute approximate surface area is 149 Å². The number of ether oxygens (including phenoxy) is 2. The van der Waals surface area contributed by atoms with Crippen LogP contribution in [0.2, 0.25) is 0 Å². The second-order valence-corrected chi connectivity index (χ2v) is 7.02. The third-order valence-electron chi connectivity index (χ3n) is 3.94. The largest absolute Gasteiger partial charge is 0.454 e. The topological polar surface area (TPSA) is 60.5 Å². The Balaban J connectivity index is 1.59. The zero-order chi connectivity index (χ0) is 17.4. The minimum atomic E-state index is -0.158. The van der Waals surface area contributed by atoms with Crippen LogP contribution < -0.4 is 14.8 Å². The molecule has 3 aromatic rings. The van der Waals surface area contributed by atoms with Crippen molar-refractivity contribution in [1.29, 1.82) is 0 Å². The Bertz CT molecular complexity index is 965. The normalized spacial score (nSPS) is 12.2. The van der Waals surface area contributed by atoms with Gasteiger partial charge in [-0.15, -0.1) is 11.3 Å². The molecule has 0 atom stereocenters. The number of benzene rings is 2. The lowest BCUT2D eigenvalue weighted by atomic mass is 10.1. The van der Waals surface area contributed by atoms with Crippen molar-refractivity contribution in [2.24, 2.45) is 0 Å². The minimum Gasteiger partial charge on any atom is -0.454 e. The van der Waals surface area contributed by atoms with Crippen LogP contribution in [0.4, 0.5) is 5.13 Å². The highest BCUT2D eigenvalue weighted by Gasteiger charge is 2.17. The Morgan fingerprint density at radius 3 is 2.80 bits per heavy atom. The van der Waals surface area contributed by atoms with Crippen molar-refractivity contribution in [2.45, 2.75) is 13.8 Å². The summed E-state index contributed by atoms with van der Waals surface area (Å²) in [7, 11) is 0. The van der Waals surface area contributed by atoms with Gasteiger partial charge in [-0.3, -0.25) is 10.1 Å². The maximum atomic E-state index is 12.4. The molecule has 1 aliphatic rings. The number of amides is 1. The van der Waals surface area contributed by atoms with Gasteiger partial charge in [0.25, 0.3) is 5.91 Å². The van der Waals surface area contributed by atoms with Gasteiger partial charge in [-0.1, -0.05) is 17.7 Å². The third kappa shape index (κ3) is 3.08. The Morgan fingerprint density at radius 2 is 1.96 bits per heavy atom. The molecule has 4 rings (SSSR count). The van der Waals surface area contributed by atoms with Gasteiger partial charge in [-0.05, 0) is 44.2 Å². The van der Waals surface area contributed by atoms with Crippen LogP contribution in [-0.2, 0) is 0 Å². The first-order valence-corrected chi connectivity index (χ1v) is 8.67. The van der Waals surface area contributed by atoms with Crippen LogP contribution in [-0.4, -0.2) is 17.7 Å². The monoisotopic (exact) mass is 352 g/mol. The molecule has 1 amide bonds. The third-order valence-corrected chi connectivity index (χ3v) is 4.83. The smallest absolute Gasteiger partial charge is 0.257 e. The van der Waals surface area contributed by atoms with E-state index in [9.17, 15) is 4.79 Å². The summed E-state index contributed by atoms with van der Waals surface area (Å²) in [5.74, 6) is 1.30. The van der Waals surface area contributed by atoms with E-state index < -0.39 is 0 Å². The summed E-state index contributed by atoms with van der Waals surface area (Å²) in [6, 6.07) is 13.2. The first kappa shape index (κ1) is 15.7. The molecule has 0 radical (unpaired) electrons. The molecule has 2 aromatic carbocycles. The molecule has 0 aliphatic carbocycles. The summed E-state index contributed by atoms with van der Waals surface area (Å²) in [5.41, 5.74) is 3.44. The van der Waals surface area contributed by atoms with Crippen molar-refractivity contribution in [1.82, 2.24) is 4.98 Å². The zero-order valence-electron chi connectivity index (χ0n) is 13.8. The zero-order valence-corrected chi connectivity index (χ0v) is 14.6. The van der Waals surface area contributed by atoms with Gasteiger partial charge in [0.05, 0.1) is 5.69 Å². The fraction of sp³-hybridized carbons (Fsp3) is 0.158. The van der Waals surface area contributed by atoms with Crippen molar-refractivity contribution >= 4 is 22.4 Å². The van der Waals surface area contributed by atoms with E-state index in [1.807, 2.05) is 50.2 Å². The molecule has 6 heteroatoms. The lowest BCUT2D eigenvalue weighted by molar-refractivity contribution is 0.102. The first-order valence-electron chi connectivity index (χ1n) is 7.85. The summed E-state index contributed by atoms with van der Waals surface area (Å²) in [6.07, 6.45) is 0. The molecule has 0 unspecified atom stereocenters. The van der Waals surface area contributed by atoms with Gasteiger partial charge >= 0.3 is 0 Å². The van der Waals surface area contributed by atoms with E-state index in [0.717, 1.165) is 33.2 Å². The fourth-order valence-corrected chi connectivity index (χ4v) is 3.55. The van der Waals surface area contributed by atoms with Crippen molar-refractivity contribution < 1.29 is 14.3 Å². The van der Waals surface area contributed by atoms with Gasteiger partial charge in [-0.25, -0.2) is 4.98 Å². The molecule has 0 saturated heterocycles. The molecule has 0 saturated carbocycles. The maximum Gasteiger partial charge on any atom is 0.257 e. The van der Waals surface area contributed by atoms with Crippen LogP contribution in [0.5, 0.6) is 11.5 Å². The number of carbonyl (C=O) groups excluding carboxylic acids is 1. The molecule has 0 fully saturated rings. The van der Waals surface area contributed by atoms with E-state index in [0.29, 0.717) is 10.7 Å². The average Bonchev–Trinajstić information content (AvgIpc) is 3.20. The molecule has 1 aromatic heterocycles. The summed E-state index contributed by atoms with van der Waals surface area (Å²) in [4.78, 5) is 18.0. The highest BCUT2D eigenvalue weighted by molar-refractivity contribution is 7.16.